The average Bonchev–Trinajstić information content (AvgIpc) is 3.22. The van der Waals surface area contributed by atoms with Gasteiger partial charge in [-0.2, -0.15) is 0 Å². The molecule has 2 aromatic carbocycles. The van der Waals surface area contributed by atoms with E-state index in [0.29, 0.717) is 18.8 Å². The average molecular weight is 392 g/mol. The Kier molecular flexibility index (Phi) is 6.60. The second-order valence-electron chi connectivity index (χ2n) is 7.43. The zero-order valence-corrected chi connectivity index (χ0v) is 17.3. The summed E-state index contributed by atoms with van der Waals surface area (Å²) in [4.78, 5) is 17.5. The lowest BCUT2D eigenvalue weighted by Gasteiger charge is -2.28. The van der Waals surface area contributed by atoms with Crippen molar-refractivity contribution < 1.29 is 9.21 Å². The molecule has 3 rings (SSSR count). The van der Waals surface area contributed by atoms with E-state index in [9.17, 15) is 4.79 Å². The van der Waals surface area contributed by atoms with Crippen LogP contribution >= 0.6 is 0 Å². The first kappa shape index (κ1) is 20.5. The van der Waals surface area contributed by atoms with Gasteiger partial charge in [-0.25, -0.2) is 0 Å². The highest BCUT2D eigenvalue weighted by Crippen LogP contribution is 2.28. The van der Waals surface area contributed by atoms with Crippen LogP contribution in [0.4, 0.5) is 11.4 Å². The number of nitrogen functional groups attached to an aromatic ring is 1. The molecule has 152 valence electrons. The fraction of sp³-hybridized carbons (Fsp3) is 0.292. The topological polar surface area (TPSA) is 62.7 Å². The van der Waals surface area contributed by atoms with Crippen molar-refractivity contribution in [1.29, 1.82) is 0 Å². The quantitative estimate of drug-likeness (QED) is 0.568. The van der Waals surface area contributed by atoms with Gasteiger partial charge in [-0.15, -0.1) is 0 Å². The van der Waals surface area contributed by atoms with E-state index in [1.807, 2.05) is 91.5 Å². The first-order valence-corrected chi connectivity index (χ1v) is 9.91. The third-order valence-corrected chi connectivity index (χ3v) is 5.09. The van der Waals surface area contributed by atoms with Gasteiger partial charge in [0.1, 0.15) is 5.76 Å². The van der Waals surface area contributed by atoms with Crippen LogP contribution in [-0.4, -0.2) is 24.9 Å². The minimum atomic E-state index is -0.199. The van der Waals surface area contributed by atoms with Crippen molar-refractivity contribution in [3.63, 3.8) is 0 Å². The van der Waals surface area contributed by atoms with Gasteiger partial charge in [-0.1, -0.05) is 37.3 Å². The number of amides is 1. The van der Waals surface area contributed by atoms with Gasteiger partial charge in [0.15, 0.2) is 0 Å². The van der Waals surface area contributed by atoms with Gasteiger partial charge in [-0.05, 0) is 47.9 Å². The van der Waals surface area contributed by atoms with Crippen LogP contribution < -0.4 is 10.6 Å². The number of carbonyl (C=O) groups is 1. The molecule has 0 bridgehead atoms. The Morgan fingerprint density at radius 1 is 1.03 bits per heavy atom. The molecule has 0 aliphatic heterocycles. The standard InChI is InChI=1S/C24H29N3O2/c1-4-22(18-9-6-5-7-10-18)24(28)27(17-21-11-8-14-29-21)16-19-15-20(25)12-13-23(19)26(2)3/h5-15,22H,4,16-17,25H2,1-3H3. The monoisotopic (exact) mass is 391 g/mol. The van der Waals surface area contributed by atoms with E-state index in [-0.39, 0.29) is 11.8 Å². The Balaban J connectivity index is 1.95. The van der Waals surface area contributed by atoms with Crippen molar-refractivity contribution in [2.24, 2.45) is 0 Å². The molecule has 0 saturated carbocycles. The number of benzene rings is 2. The Morgan fingerprint density at radius 3 is 2.41 bits per heavy atom. The first-order valence-electron chi connectivity index (χ1n) is 9.91. The molecule has 5 heteroatoms. The van der Waals surface area contributed by atoms with E-state index in [4.69, 9.17) is 10.2 Å². The minimum absolute atomic E-state index is 0.0854. The molecule has 0 spiro atoms. The largest absolute Gasteiger partial charge is 0.467 e. The first-order chi connectivity index (χ1) is 14.0. The number of furan rings is 1. The molecular weight excluding hydrogens is 362 g/mol. The summed E-state index contributed by atoms with van der Waals surface area (Å²) in [6, 6.07) is 19.5. The summed E-state index contributed by atoms with van der Waals surface area (Å²) in [5, 5.41) is 0. The van der Waals surface area contributed by atoms with Crippen molar-refractivity contribution in [2.45, 2.75) is 32.4 Å². The molecule has 0 aliphatic rings. The van der Waals surface area contributed by atoms with E-state index < -0.39 is 0 Å². The summed E-state index contributed by atoms with van der Waals surface area (Å²) in [7, 11) is 3.99. The van der Waals surface area contributed by atoms with Crippen LogP contribution in [0.2, 0.25) is 0 Å². The van der Waals surface area contributed by atoms with Crippen LogP contribution in [-0.2, 0) is 17.9 Å². The van der Waals surface area contributed by atoms with Gasteiger partial charge < -0.3 is 20.0 Å². The Hall–Kier alpha value is -3.21. The lowest BCUT2D eigenvalue weighted by atomic mass is 9.94. The normalized spacial score (nSPS) is 11.8. The van der Waals surface area contributed by atoms with E-state index in [1.54, 1.807) is 6.26 Å². The lowest BCUT2D eigenvalue weighted by Crippen LogP contribution is -2.34. The van der Waals surface area contributed by atoms with E-state index >= 15 is 0 Å². The second-order valence-corrected chi connectivity index (χ2v) is 7.43. The van der Waals surface area contributed by atoms with Crippen molar-refractivity contribution >= 4 is 17.3 Å². The van der Waals surface area contributed by atoms with Crippen molar-refractivity contribution in [1.82, 2.24) is 4.90 Å². The molecule has 1 unspecified atom stereocenters. The summed E-state index contributed by atoms with van der Waals surface area (Å²) in [6.07, 6.45) is 2.37. The smallest absolute Gasteiger partial charge is 0.230 e. The Bertz CT molecular complexity index is 921. The summed E-state index contributed by atoms with van der Waals surface area (Å²) in [5.74, 6) is 0.647. The van der Waals surface area contributed by atoms with E-state index in [2.05, 4.69) is 0 Å². The van der Waals surface area contributed by atoms with Gasteiger partial charge in [0.05, 0.1) is 18.7 Å². The van der Waals surface area contributed by atoms with Crippen molar-refractivity contribution in [3.05, 3.63) is 83.8 Å². The summed E-state index contributed by atoms with van der Waals surface area (Å²) in [6.45, 7) is 2.92. The highest BCUT2D eigenvalue weighted by molar-refractivity contribution is 5.84. The van der Waals surface area contributed by atoms with Gasteiger partial charge in [-0.3, -0.25) is 4.79 Å². The van der Waals surface area contributed by atoms with Crippen molar-refractivity contribution in [2.75, 3.05) is 24.7 Å². The second kappa shape index (κ2) is 9.32. The van der Waals surface area contributed by atoms with Crippen LogP contribution in [0.1, 0.15) is 36.1 Å². The van der Waals surface area contributed by atoms with E-state index in [1.165, 1.54) is 0 Å². The molecule has 2 N–H and O–H groups in total. The van der Waals surface area contributed by atoms with Gasteiger partial charge >= 0.3 is 0 Å². The number of nitrogens with zero attached hydrogens (tertiary/aromatic N) is 2. The number of carbonyl (C=O) groups excluding carboxylic acids is 1. The summed E-state index contributed by atoms with van der Waals surface area (Å²) >= 11 is 0. The predicted octanol–water partition coefficient (Wildman–Crippen LogP) is 4.65. The molecule has 0 aliphatic carbocycles. The number of nitrogens with two attached hydrogens (primary N) is 1. The van der Waals surface area contributed by atoms with Crippen molar-refractivity contribution in [3.8, 4) is 0 Å². The third kappa shape index (κ3) is 4.99. The summed E-state index contributed by atoms with van der Waals surface area (Å²) in [5.41, 5.74) is 9.83. The van der Waals surface area contributed by atoms with Crippen LogP contribution in [0.5, 0.6) is 0 Å². The number of hydrogen-bond donors (Lipinski definition) is 1. The third-order valence-electron chi connectivity index (χ3n) is 5.09. The van der Waals surface area contributed by atoms with Crippen LogP contribution in [0, 0.1) is 0 Å². The van der Waals surface area contributed by atoms with Crippen LogP contribution in [0.25, 0.3) is 0 Å². The highest BCUT2D eigenvalue weighted by Gasteiger charge is 2.26. The SMILES string of the molecule is CCC(C(=O)N(Cc1ccco1)Cc1cc(N)ccc1N(C)C)c1ccccc1. The van der Waals surface area contributed by atoms with Gasteiger partial charge in [0.2, 0.25) is 5.91 Å². The maximum Gasteiger partial charge on any atom is 0.230 e. The van der Waals surface area contributed by atoms with Gasteiger partial charge in [0, 0.05) is 32.0 Å². The lowest BCUT2D eigenvalue weighted by molar-refractivity contribution is -0.134. The maximum absolute atomic E-state index is 13.6. The molecule has 1 atom stereocenters. The molecule has 5 nitrogen and oxygen atoms in total. The fourth-order valence-corrected chi connectivity index (χ4v) is 3.64. The zero-order chi connectivity index (χ0) is 20.8. The Morgan fingerprint density at radius 2 is 1.79 bits per heavy atom. The molecule has 29 heavy (non-hydrogen) atoms. The van der Waals surface area contributed by atoms with Crippen LogP contribution in [0.3, 0.4) is 0 Å². The number of rotatable bonds is 8. The molecule has 0 saturated heterocycles. The van der Waals surface area contributed by atoms with Gasteiger partial charge in [0.25, 0.3) is 0 Å². The molecular formula is C24H29N3O2. The maximum atomic E-state index is 13.6. The molecule has 0 radical (unpaired) electrons. The van der Waals surface area contributed by atoms with Crippen LogP contribution in [0.15, 0.2) is 71.3 Å². The molecule has 1 amide bonds. The summed E-state index contributed by atoms with van der Waals surface area (Å²) < 4.78 is 5.54. The fourth-order valence-electron chi connectivity index (χ4n) is 3.64. The molecule has 0 fully saturated rings. The number of hydrogen-bond acceptors (Lipinski definition) is 4. The van der Waals surface area contributed by atoms with E-state index in [0.717, 1.165) is 29.0 Å². The molecule has 1 aromatic heterocycles. The predicted molar refractivity (Wildman–Crippen MR) is 118 cm³/mol. The number of anilines is 2. The molecule has 3 aromatic rings. The molecule has 1 heterocycles. The minimum Gasteiger partial charge on any atom is -0.467 e. The highest BCUT2D eigenvalue weighted by atomic mass is 16.3. The zero-order valence-electron chi connectivity index (χ0n) is 17.3. The Labute approximate surface area is 172 Å².